The van der Waals surface area contributed by atoms with Crippen molar-refractivity contribution < 1.29 is 14.6 Å². The summed E-state index contributed by atoms with van der Waals surface area (Å²) in [4.78, 5) is 0. The Morgan fingerprint density at radius 1 is 1.20 bits per heavy atom. The first-order valence-electron chi connectivity index (χ1n) is 7.35. The van der Waals surface area contributed by atoms with E-state index in [4.69, 9.17) is 9.47 Å². The number of hydrogen-bond donors (Lipinski definition) is 1. The van der Waals surface area contributed by atoms with Crippen molar-refractivity contribution in [3.8, 4) is 11.5 Å². The maximum absolute atomic E-state index is 10.3. The summed E-state index contributed by atoms with van der Waals surface area (Å²) in [6.07, 6.45) is 3.40. The highest BCUT2D eigenvalue weighted by molar-refractivity contribution is 9.10. The lowest BCUT2D eigenvalue weighted by atomic mass is 10.00. The van der Waals surface area contributed by atoms with Gasteiger partial charge in [0.25, 0.3) is 0 Å². The van der Waals surface area contributed by atoms with Crippen molar-refractivity contribution in [1.29, 1.82) is 0 Å². The molecular weight excluding hydrogens is 320 g/mol. The van der Waals surface area contributed by atoms with Crippen LogP contribution in [0.15, 0.2) is 16.6 Å². The van der Waals surface area contributed by atoms with Crippen LogP contribution in [0, 0.1) is 5.92 Å². The van der Waals surface area contributed by atoms with Crippen molar-refractivity contribution in [3.05, 3.63) is 22.2 Å². The number of rotatable bonds is 5. The Hall–Kier alpha value is -0.740. The summed E-state index contributed by atoms with van der Waals surface area (Å²) < 4.78 is 12.2. The molecule has 0 fully saturated rings. The van der Waals surface area contributed by atoms with Gasteiger partial charge in [0.15, 0.2) is 11.5 Å². The SMILES string of the molecule is CC(C)CCCC(O)c1cc(Br)c2c(c1)OCCCO2. The summed E-state index contributed by atoms with van der Waals surface area (Å²) in [5.74, 6) is 2.16. The second-order valence-corrected chi connectivity index (χ2v) is 6.58. The van der Waals surface area contributed by atoms with Gasteiger partial charge in [0, 0.05) is 6.42 Å². The van der Waals surface area contributed by atoms with E-state index in [2.05, 4.69) is 29.8 Å². The van der Waals surface area contributed by atoms with Crippen LogP contribution in [0.3, 0.4) is 0 Å². The Balaban J connectivity index is 2.08. The Labute approximate surface area is 129 Å². The summed E-state index contributed by atoms with van der Waals surface area (Å²) in [7, 11) is 0. The molecule has 1 unspecified atom stereocenters. The second-order valence-electron chi connectivity index (χ2n) is 5.72. The third-order valence-electron chi connectivity index (χ3n) is 3.47. The monoisotopic (exact) mass is 342 g/mol. The van der Waals surface area contributed by atoms with Gasteiger partial charge in [-0.05, 0) is 46.0 Å². The fourth-order valence-electron chi connectivity index (χ4n) is 2.33. The van der Waals surface area contributed by atoms with Crippen molar-refractivity contribution >= 4 is 15.9 Å². The number of aliphatic hydroxyl groups is 1. The van der Waals surface area contributed by atoms with E-state index in [1.165, 1.54) is 0 Å². The van der Waals surface area contributed by atoms with Crippen LogP contribution in [0.1, 0.15) is 51.2 Å². The number of fused-ring (bicyclic) bond motifs is 1. The molecule has 1 atom stereocenters. The van der Waals surface area contributed by atoms with Gasteiger partial charge in [0.1, 0.15) is 0 Å². The minimum atomic E-state index is -0.442. The lowest BCUT2D eigenvalue weighted by Crippen LogP contribution is -2.01. The van der Waals surface area contributed by atoms with E-state index in [1.807, 2.05) is 12.1 Å². The molecule has 0 aliphatic carbocycles. The van der Waals surface area contributed by atoms with Crippen LogP contribution >= 0.6 is 15.9 Å². The number of hydrogen-bond acceptors (Lipinski definition) is 3. The Morgan fingerprint density at radius 2 is 1.95 bits per heavy atom. The van der Waals surface area contributed by atoms with Crippen molar-refractivity contribution in [1.82, 2.24) is 0 Å². The topological polar surface area (TPSA) is 38.7 Å². The van der Waals surface area contributed by atoms with E-state index in [9.17, 15) is 5.11 Å². The van der Waals surface area contributed by atoms with Crippen LogP contribution in [0.2, 0.25) is 0 Å². The second kappa shape index (κ2) is 7.32. The molecule has 1 heterocycles. The summed E-state index contributed by atoms with van der Waals surface area (Å²) in [6, 6.07) is 3.85. The van der Waals surface area contributed by atoms with Crippen molar-refractivity contribution in [2.24, 2.45) is 5.92 Å². The molecule has 0 saturated carbocycles. The van der Waals surface area contributed by atoms with E-state index in [0.717, 1.165) is 47.2 Å². The maximum Gasteiger partial charge on any atom is 0.175 e. The van der Waals surface area contributed by atoms with E-state index in [0.29, 0.717) is 19.1 Å². The molecule has 1 N–H and O–H groups in total. The minimum absolute atomic E-state index is 0.442. The van der Waals surface area contributed by atoms with Gasteiger partial charge in [0.05, 0.1) is 23.8 Å². The van der Waals surface area contributed by atoms with Gasteiger partial charge < -0.3 is 14.6 Å². The molecule has 0 amide bonds. The summed E-state index contributed by atoms with van der Waals surface area (Å²) in [5, 5.41) is 10.3. The first kappa shape index (κ1) is 15.6. The third kappa shape index (κ3) is 4.13. The van der Waals surface area contributed by atoms with Gasteiger partial charge >= 0.3 is 0 Å². The molecule has 0 spiro atoms. The molecule has 20 heavy (non-hydrogen) atoms. The average molecular weight is 343 g/mol. The summed E-state index contributed by atoms with van der Waals surface area (Å²) in [6.45, 7) is 5.74. The van der Waals surface area contributed by atoms with Crippen LogP contribution in [0.25, 0.3) is 0 Å². The van der Waals surface area contributed by atoms with Crippen LogP contribution in [0.4, 0.5) is 0 Å². The van der Waals surface area contributed by atoms with Gasteiger partial charge in [-0.1, -0.05) is 26.7 Å². The smallest absolute Gasteiger partial charge is 0.175 e. The quantitative estimate of drug-likeness (QED) is 0.857. The summed E-state index contributed by atoms with van der Waals surface area (Å²) in [5.41, 5.74) is 0.893. The Morgan fingerprint density at radius 3 is 2.70 bits per heavy atom. The number of ether oxygens (including phenoxy) is 2. The predicted octanol–water partition coefficient (Wildman–Crippen LogP) is 4.47. The highest BCUT2D eigenvalue weighted by Crippen LogP contribution is 2.40. The molecule has 0 saturated heterocycles. The van der Waals surface area contributed by atoms with Crippen molar-refractivity contribution in [3.63, 3.8) is 0 Å². The lowest BCUT2D eigenvalue weighted by Gasteiger charge is -2.16. The third-order valence-corrected chi connectivity index (χ3v) is 4.06. The standard InChI is InChI=1S/C16H23BrO3/c1-11(2)5-3-6-14(18)12-9-13(17)16-15(10-12)19-7-4-8-20-16/h9-11,14,18H,3-8H2,1-2H3. The van der Waals surface area contributed by atoms with Crippen LogP contribution < -0.4 is 9.47 Å². The fourth-order valence-corrected chi connectivity index (χ4v) is 2.90. The van der Waals surface area contributed by atoms with Gasteiger partial charge in [-0.15, -0.1) is 0 Å². The summed E-state index contributed by atoms with van der Waals surface area (Å²) >= 11 is 3.51. The molecule has 1 aliphatic rings. The zero-order chi connectivity index (χ0) is 14.5. The highest BCUT2D eigenvalue weighted by Gasteiger charge is 2.18. The molecule has 3 nitrogen and oxygen atoms in total. The fraction of sp³-hybridized carbons (Fsp3) is 0.625. The number of halogens is 1. The van der Waals surface area contributed by atoms with Gasteiger partial charge in [-0.2, -0.15) is 0 Å². The average Bonchev–Trinajstić information content (AvgIpc) is 2.63. The van der Waals surface area contributed by atoms with Gasteiger partial charge in [0.2, 0.25) is 0 Å². The zero-order valence-corrected chi connectivity index (χ0v) is 13.8. The van der Waals surface area contributed by atoms with Gasteiger partial charge in [-0.3, -0.25) is 0 Å². The first-order chi connectivity index (χ1) is 9.58. The van der Waals surface area contributed by atoms with Gasteiger partial charge in [-0.25, -0.2) is 0 Å². The van der Waals surface area contributed by atoms with Crippen LogP contribution in [-0.2, 0) is 0 Å². The first-order valence-corrected chi connectivity index (χ1v) is 8.14. The van der Waals surface area contributed by atoms with E-state index in [1.54, 1.807) is 0 Å². The molecule has 0 bridgehead atoms. The van der Waals surface area contributed by atoms with Crippen LogP contribution in [-0.4, -0.2) is 18.3 Å². The maximum atomic E-state index is 10.3. The molecule has 1 aromatic rings. The molecule has 1 aliphatic heterocycles. The molecule has 0 aromatic heterocycles. The molecule has 0 radical (unpaired) electrons. The minimum Gasteiger partial charge on any atom is -0.490 e. The van der Waals surface area contributed by atoms with E-state index >= 15 is 0 Å². The number of aliphatic hydroxyl groups excluding tert-OH is 1. The Bertz CT molecular complexity index is 446. The molecule has 4 heteroatoms. The predicted molar refractivity (Wildman–Crippen MR) is 83.4 cm³/mol. The van der Waals surface area contributed by atoms with E-state index in [-0.39, 0.29) is 0 Å². The molecule has 112 valence electrons. The molecule has 1 aromatic carbocycles. The van der Waals surface area contributed by atoms with E-state index < -0.39 is 6.10 Å². The van der Waals surface area contributed by atoms with Crippen LogP contribution in [0.5, 0.6) is 11.5 Å². The van der Waals surface area contributed by atoms with Crippen molar-refractivity contribution in [2.45, 2.75) is 45.6 Å². The largest absolute Gasteiger partial charge is 0.490 e. The molecule has 2 rings (SSSR count). The van der Waals surface area contributed by atoms with Crippen molar-refractivity contribution in [2.75, 3.05) is 13.2 Å². The normalized spacial score (nSPS) is 16.1. The Kier molecular flexibility index (Phi) is 5.73. The zero-order valence-electron chi connectivity index (χ0n) is 12.2. The lowest BCUT2D eigenvalue weighted by molar-refractivity contribution is 0.161. The number of benzene rings is 1. The highest BCUT2D eigenvalue weighted by atomic mass is 79.9. The molecular formula is C16H23BrO3.